The number of benzene rings is 1. The maximum Gasteiger partial charge on any atom is 0.237 e. The second-order valence-electron chi connectivity index (χ2n) is 8.13. The molecule has 0 atom stereocenters. The van der Waals surface area contributed by atoms with E-state index in [1.807, 2.05) is 32.3 Å². The third kappa shape index (κ3) is 3.16. The molecule has 1 aromatic heterocycles. The molecule has 156 valence electrons. The summed E-state index contributed by atoms with van der Waals surface area (Å²) in [6.07, 6.45) is 8.23. The molecule has 1 fully saturated rings. The summed E-state index contributed by atoms with van der Waals surface area (Å²) in [4.78, 5) is 23.0. The van der Waals surface area contributed by atoms with E-state index in [4.69, 9.17) is 4.74 Å². The van der Waals surface area contributed by atoms with E-state index in [0.29, 0.717) is 0 Å². The van der Waals surface area contributed by atoms with Crippen molar-refractivity contribution < 1.29 is 13.9 Å². The maximum atomic E-state index is 13.4. The zero-order valence-corrected chi connectivity index (χ0v) is 17.6. The van der Waals surface area contributed by atoms with E-state index in [2.05, 4.69) is 22.8 Å². The van der Waals surface area contributed by atoms with Crippen molar-refractivity contribution >= 4 is 34.8 Å². The van der Waals surface area contributed by atoms with Gasteiger partial charge in [0.25, 0.3) is 0 Å². The first-order valence-electron chi connectivity index (χ1n) is 10.2. The number of hydrogen-bond donors (Lipinski definition) is 0. The Morgan fingerprint density at radius 3 is 2.77 bits per heavy atom. The van der Waals surface area contributed by atoms with Crippen LogP contribution in [0.5, 0.6) is 0 Å². The van der Waals surface area contributed by atoms with E-state index in [1.165, 1.54) is 6.08 Å². The van der Waals surface area contributed by atoms with Crippen molar-refractivity contribution in [3.05, 3.63) is 53.6 Å². The number of pyridine rings is 1. The van der Waals surface area contributed by atoms with Gasteiger partial charge in [-0.1, -0.05) is 12.1 Å². The molecule has 5 nitrogen and oxygen atoms in total. The van der Waals surface area contributed by atoms with Crippen LogP contribution in [0, 0.1) is 0 Å². The van der Waals surface area contributed by atoms with Crippen molar-refractivity contribution in [2.75, 3.05) is 19.1 Å². The van der Waals surface area contributed by atoms with Crippen molar-refractivity contribution in [3.8, 4) is 0 Å². The lowest BCUT2D eigenvalue weighted by Crippen LogP contribution is -2.42. The first kappa shape index (κ1) is 20.4. The van der Waals surface area contributed by atoms with Gasteiger partial charge in [-0.15, -0.1) is 0 Å². The predicted octanol–water partition coefficient (Wildman–Crippen LogP) is 4.95. The number of rotatable bonds is 4. The van der Waals surface area contributed by atoms with Gasteiger partial charge in [0, 0.05) is 25.1 Å². The Morgan fingerprint density at radius 2 is 2.10 bits per heavy atom. The van der Waals surface area contributed by atoms with Gasteiger partial charge < -0.3 is 9.64 Å². The molecule has 2 aliphatic rings. The van der Waals surface area contributed by atoms with E-state index < -0.39 is 11.4 Å². The van der Waals surface area contributed by atoms with Gasteiger partial charge in [0.1, 0.15) is 0 Å². The summed E-state index contributed by atoms with van der Waals surface area (Å²) in [6, 6.07) is 6.00. The summed E-state index contributed by atoms with van der Waals surface area (Å²) in [7, 11) is 3.57. The van der Waals surface area contributed by atoms with Crippen LogP contribution in [0.4, 0.5) is 10.1 Å². The molecule has 4 rings (SSSR count). The van der Waals surface area contributed by atoms with Crippen LogP contribution in [-0.4, -0.2) is 37.9 Å². The number of halogens is 1. The van der Waals surface area contributed by atoms with E-state index in [-0.39, 0.29) is 12.0 Å². The number of methoxy groups -OCH3 is 1. The molecule has 2 aromatic rings. The molecule has 0 bridgehead atoms. The largest absolute Gasteiger partial charge is 0.381 e. The Hall–Kier alpha value is -2.86. The molecular weight excluding hydrogens is 381 g/mol. The third-order valence-corrected chi connectivity index (χ3v) is 6.60. The summed E-state index contributed by atoms with van der Waals surface area (Å²) in [5, 5.41) is 0.984. The number of aliphatic imine (C=N–C) groups is 1. The van der Waals surface area contributed by atoms with Crippen molar-refractivity contribution in [1.82, 2.24) is 4.98 Å². The van der Waals surface area contributed by atoms with Crippen LogP contribution in [0.3, 0.4) is 0 Å². The monoisotopic (exact) mass is 407 g/mol. The highest BCUT2D eigenvalue weighted by atomic mass is 19.1. The quantitative estimate of drug-likeness (QED) is 0.409. The van der Waals surface area contributed by atoms with Gasteiger partial charge >= 0.3 is 0 Å². The minimum absolute atomic E-state index is 0.140. The summed E-state index contributed by atoms with van der Waals surface area (Å²) < 4.78 is 18.9. The van der Waals surface area contributed by atoms with Crippen LogP contribution >= 0.6 is 0 Å². The fourth-order valence-electron chi connectivity index (χ4n) is 4.85. The van der Waals surface area contributed by atoms with Gasteiger partial charge in [0.05, 0.1) is 28.9 Å². The van der Waals surface area contributed by atoms with Crippen LogP contribution in [0.1, 0.15) is 43.7 Å². The van der Waals surface area contributed by atoms with Crippen molar-refractivity contribution in [2.24, 2.45) is 4.99 Å². The molecule has 1 aromatic carbocycles. The fourth-order valence-corrected chi connectivity index (χ4v) is 4.85. The van der Waals surface area contributed by atoms with E-state index in [1.54, 1.807) is 18.1 Å². The molecule has 6 heteroatoms. The smallest absolute Gasteiger partial charge is 0.237 e. The summed E-state index contributed by atoms with van der Waals surface area (Å²) in [6.45, 7) is 5.11. The van der Waals surface area contributed by atoms with Crippen LogP contribution in [-0.2, 0) is 14.9 Å². The molecule has 1 saturated carbocycles. The second kappa shape index (κ2) is 7.76. The standard InChI is InChI=1S/C24H26FN3O2/c1-15(5-8-21(25)26-2)16-6-7-19-18(13-16)22-20(14-27-19)28(3)23(29)24(22)11-9-17(30-4)10-12-24/h5-8,13-14,17H,2,9-12H2,1,3-4H3/b15-5+,21-8-. The molecule has 0 saturated heterocycles. The highest BCUT2D eigenvalue weighted by Crippen LogP contribution is 2.52. The van der Waals surface area contributed by atoms with Gasteiger partial charge in [-0.2, -0.15) is 4.39 Å². The first-order chi connectivity index (χ1) is 14.4. The summed E-state index contributed by atoms with van der Waals surface area (Å²) in [5.41, 5.74) is 4.12. The molecule has 1 spiro atoms. The van der Waals surface area contributed by atoms with Gasteiger partial charge in [-0.3, -0.25) is 9.78 Å². The number of carbonyl (C=O) groups is 1. The Balaban J connectivity index is 1.87. The summed E-state index contributed by atoms with van der Waals surface area (Å²) >= 11 is 0. The average molecular weight is 407 g/mol. The molecule has 0 unspecified atom stereocenters. The highest BCUT2D eigenvalue weighted by molar-refractivity contribution is 6.12. The SMILES string of the molecule is C=N/C(F)=C\C=C(/C)c1ccc2ncc3c(c2c1)C1(CCC(OC)CC1)C(=O)N3C. The van der Waals surface area contributed by atoms with Crippen molar-refractivity contribution in [1.29, 1.82) is 0 Å². The number of fused-ring (bicyclic) bond motifs is 4. The molecule has 30 heavy (non-hydrogen) atoms. The van der Waals surface area contributed by atoms with Crippen LogP contribution in [0.2, 0.25) is 0 Å². The second-order valence-corrected chi connectivity index (χ2v) is 8.13. The predicted molar refractivity (Wildman–Crippen MR) is 118 cm³/mol. The topological polar surface area (TPSA) is 54.8 Å². The van der Waals surface area contributed by atoms with Crippen molar-refractivity contribution in [2.45, 2.75) is 44.1 Å². The number of likely N-dealkylation sites (N-methyl/N-ethyl adjacent to an activating group) is 1. The van der Waals surface area contributed by atoms with E-state index in [0.717, 1.165) is 59.0 Å². The van der Waals surface area contributed by atoms with Crippen molar-refractivity contribution in [3.63, 3.8) is 0 Å². The minimum atomic E-state index is -0.626. The Labute approximate surface area is 176 Å². The lowest BCUT2D eigenvalue weighted by Gasteiger charge is -2.36. The lowest BCUT2D eigenvalue weighted by molar-refractivity contribution is -0.125. The zero-order chi connectivity index (χ0) is 21.5. The zero-order valence-electron chi connectivity index (χ0n) is 17.6. The normalized spacial score (nSPS) is 24.6. The van der Waals surface area contributed by atoms with E-state index in [9.17, 15) is 9.18 Å². The number of carbonyl (C=O) groups excluding carboxylic acids is 1. The Kier molecular flexibility index (Phi) is 5.28. The number of anilines is 1. The molecule has 1 amide bonds. The maximum absolute atomic E-state index is 13.4. The molecule has 0 radical (unpaired) electrons. The third-order valence-electron chi connectivity index (χ3n) is 6.60. The number of nitrogens with zero attached hydrogens (tertiary/aromatic N) is 3. The van der Waals surface area contributed by atoms with Gasteiger partial charge in [0.15, 0.2) is 0 Å². The van der Waals surface area contributed by atoms with Gasteiger partial charge in [-0.05, 0) is 68.7 Å². The number of hydrogen-bond acceptors (Lipinski definition) is 4. The Bertz CT molecular complexity index is 1080. The first-order valence-corrected chi connectivity index (χ1v) is 10.2. The molecule has 1 aliphatic heterocycles. The molecular formula is C24H26FN3O2. The molecule has 0 N–H and O–H groups in total. The number of allylic oxidation sites excluding steroid dienone is 3. The molecule has 2 heterocycles. The number of amides is 1. The van der Waals surface area contributed by atoms with E-state index >= 15 is 0 Å². The number of aromatic nitrogens is 1. The van der Waals surface area contributed by atoms with Gasteiger partial charge in [-0.25, -0.2) is 4.99 Å². The number of ether oxygens (including phenoxy) is 1. The minimum Gasteiger partial charge on any atom is -0.381 e. The molecule has 1 aliphatic carbocycles. The lowest BCUT2D eigenvalue weighted by atomic mass is 9.68. The highest BCUT2D eigenvalue weighted by Gasteiger charge is 2.52. The van der Waals surface area contributed by atoms with Crippen LogP contribution < -0.4 is 4.90 Å². The van der Waals surface area contributed by atoms with Crippen LogP contribution in [0.25, 0.3) is 16.5 Å². The fraction of sp³-hybridized carbons (Fsp3) is 0.375. The summed E-state index contributed by atoms with van der Waals surface area (Å²) in [5.74, 6) is -0.486. The van der Waals surface area contributed by atoms with Crippen LogP contribution in [0.15, 0.2) is 47.5 Å². The Morgan fingerprint density at radius 1 is 1.37 bits per heavy atom. The van der Waals surface area contributed by atoms with Gasteiger partial charge in [0.2, 0.25) is 11.9 Å². The average Bonchev–Trinajstić information content (AvgIpc) is 2.99.